The molecule has 2 N–H and O–H groups in total. The fourth-order valence-electron chi connectivity index (χ4n) is 4.06. The standard InChI is InChI=1S/C23H20N4O7/c1-12(26-21(29)15-7-5-9-18(27(32)33)19(15)22(26)30)20(28)25-17(23(31)34-2)10-13-11-24-16-8-4-3-6-14(13)16/h3-9,11-12,17,24H,10H2,1-2H3,(H,25,28)/t12?,17-/m1/s1. The van der Waals surface area contributed by atoms with Crippen molar-refractivity contribution in [3.8, 4) is 0 Å². The van der Waals surface area contributed by atoms with Gasteiger partial charge >= 0.3 is 5.97 Å². The minimum atomic E-state index is -1.33. The third-order valence-electron chi connectivity index (χ3n) is 5.79. The quantitative estimate of drug-likeness (QED) is 0.235. The molecule has 0 spiro atoms. The van der Waals surface area contributed by atoms with E-state index in [1.807, 2.05) is 24.3 Å². The highest BCUT2D eigenvalue weighted by Crippen LogP contribution is 2.32. The Labute approximate surface area is 192 Å². The lowest BCUT2D eigenvalue weighted by Crippen LogP contribution is -2.52. The summed E-state index contributed by atoms with van der Waals surface area (Å²) in [7, 11) is 1.18. The van der Waals surface area contributed by atoms with E-state index in [2.05, 4.69) is 10.3 Å². The lowest BCUT2D eigenvalue weighted by Gasteiger charge is -2.24. The van der Waals surface area contributed by atoms with Crippen LogP contribution in [0.15, 0.2) is 48.7 Å². The minimum Gasteiger partial charge on any atom is -0.467 e. The molecule has 4 rings (SSSR count). The highest BCUT2D eigenvalue weighted by atomic mass is 16.6. The largest absolute Gasteiger partial charge is 0.467 e. The third-order valence-corrected chi connectivity index (χ3v) is 5.79. The molecule has 3 amide bonds. The molecule has 3 aromatic rings. The summed E-state index contributed by atoms with van der Waals surface area (Å²) in [6, 6.07) is 8.72. The van der Waals surface area contributed by atoms with Crippen LogP contribution in [0.4, 0.5) is 5.69 Å². The first-order valence-electron chi connectivity index (χ1n) is 10.3. The van der Waals surface area contributed by atoms with Crippen LogP contribution in [-0.2, 0) is 20.7 Å². The molecule has 174 valence electrons. The maximum absolute atomic E-state index is 13.0. The number of nitro groups is 1. The van der Waals surface area contributed by atoms with E-state index in [0.29, 0.717) is 4.90 Å². The number of benzene rings is 2. The Balaban J connectivity index is 1.57. The molecule has 11 nitrogen and oxygen atoms in total. The summed E-state index contributed by atoms with van der Waals surface area (Å²) < 4.78 is 4.83. The number of imide groups is 1. The van der Waals surface area contributed by atoms with Crippen LogP contribution in [-0.4, -0.2) is 57.7 Å². The highest BCUT2D eigenvalue weighted by Gasteiger charge is 2.45. The SMILES string of the molecule is COC(=O)[C@@H](Cc1c[nH]c2ccccc12)NC(=O)C(C)N1C(=O)c2cccc([N+](=O)[O-])c2C1=O. The average Bonchev–Trinajstić information content (AvgIpc) is 3.35. The van der Waals surface area contributed by atoms with Crippen molar-refractivity contribution >= 4 is 40.3 Å². The second-order valence-corrected chi connectivity index (χ2v) is 7.76. The number of nitrogens with zero attached hydrogens (tertiary/aromatic N) is 2. The number of ether oxygens (including phenoxy) is 1. The summed E-state index contributed by atoms with van der Waals surface area (Å²) in [6.45, 7) is 1.31. The maximum Gasteiger partial charge on any atom is 0.328 e. The molecule has 1 aromatic heterocycles. The number of nitrogens with one attached hydrogen (secondary N) is 2. The number of fused-ring (bicyclic) bond motifs is 2. The van der Waals surface area contributed by atoms with Crippen LogP contribution >= 0.6 is 0 Å². The number of para-hydroxylation sites is 1. The number of aromatic amines is 1. The summed E-state index contributed by atoms with van der Waals surface area (Å²) >= 11 is 0. The first kappa shape index (κ1) is 22.6. The second-order valence-electron chi connectivity index (χ2n) is 7.76. The van der Waals surface area contributed by atoms with E-state index < -0.39 is 46.4 Å². The van der Waals surface area contributed by atoms with Gasteiger partial charge in [0.2, 0.25) is 5.91 Å². The summed E-state index contributed by atoms with van der Waals surface area (Å²) in [4.78, 5) is 65.4. The number of rotatable bonds is 7. The van der Waals surface area contributed by atoms with Crippen molar-refractivity contribution in [3.63, 3.8) is 0 Å². The number of hydrogen-bond donors (Lipinski definition) is 2. The number of amides is 3. The van der Waals surface area contributed by atoms with Crippen molar-refractivity contribution < 1.29 is 28.8 Å². The fourth-order valence-corrected chi connectivity index (χ4v) is 4.06. The van der Waals surface area contributed by atoms with Gasteiger partial charge in [0.15, 0.2) is 0 Å². The molecule has 1 aliphatic heterocycles. The molecule has 11 heteroatoms. The number of nitro benzene ring substituents is 1. The number of esters is 1. The summed E-state index contributed by atoms with van der Waals surface area (Å²) in [5.41, 5.74) is 0.587. The fraction of sp³-hybridized carbons (Fsp3) is 0.217. The normalized spacial score (nSPS) is 14.6. The van der Waals surface area contributed by atoms with Crippen LogP contribution < -0.4 is 5.32 Å². The van der Waals surface area contributed by atoms with E-state index in [1.54, 1.807) is 6.20 Å². The molecule has 34 heavy (non-hydrogen) atoms. The maximum atomic E-state index is 13.0. The Hall–Kier alpha value is -4.54. The molecule has 2 heterocycles. The molecule has 2 aromatic carbocycles. The van der Waals surface area contributed by atoms with Crippen molar-refractivity contribution in [2.75, 3.05) is 7.11 Å². The average molecular weight is 464 g/mol. The first-order valence-corrected chi connectivity index (χ1v) is 10.3. The summed E-state index contributed by atoms with van der Waals surface area (Å²) in [6.07, 6.45) is 1.82. The van der Waals surface area contributed by atoms with Crippen molar-refractivity contribution in [2.45, 2.75) is 25.4 Å². The number of aromatic nitrogens is 1. The minimum absolute atomic E-state index is 0.0999. The van der Waals surface area contributed by atoms with E-state index in [0.717, 1.165) is 22.5 Å². The van der Waals surface area contributed by atoms with Gasteiger partial charge in [0.25, 0.3) is 17.5 Å². The predicted octanol–water partition coefficient (Wildman–Crippen LogP) is 1.96. The number of carbonyl (C=O) groups is 4. The molecule has 0 aliphatic carbocycles. The van der Waals surface area contributed by atoms with E-state index in [9.17, 15) is 29.3 Å². The molecular weight excluding hydrogens is 444 g/mol. The smallest absolute Gasteiger partial charge is 0.328 e. The highest BCUT2D eigenvalue weighted by molar-refractivity contribution is 6.24. The topological polar surface area (TPSA) is 152 Å². The van der Waals surface area contributed by atoms with Crippen molar-refractivity contribution in [3.05, 3.63) is 75.5 Å². The van der Waals surface area contributed by atoms with Gasteiger partial charge in [-0.05, 0) is 24.6 Å². The molecule has 0 bridgehead atoms. The number of hydrogen-bond acceptors (Lipinski definition) is 7. The van der Waals surface area contributed by atoms with Gasteiger partial charge in [-0.15, -0.1) is 0 Å². The van der Waals surface area contributed by atoms with Crippen molar-refractivity contribution in [1.82, 2.24) is 15.2 Å². The predicted molar refractivity (Wildman–Crippen MR) is 119 cm³/mol. The number of methoxy groups -OCH3 is 1. The Kier molecular flexibility index (Phi) is 5.84. The molecule has 0 fully saturated rings. The summed E-state index contributed by atoms with van der Waals surface area (Å²) in [5, 5.41) is 14.7. The van der Waals surface area contributed by atoms with E-state index in [4.69, 9.17) is 4.74 Å². The molecule has 2 atom stereocenters. The van der Waals surface area contributed by atoms with Crippen LogP contribution in [0, 0.1) is 10.1 Å². The zero-order chi connectivity index (χ0) is 24.6. The van der Waals surface area contributed by atoms with Gasteiger partial charge < -0.3 is 15.0 Å². The third kappa shape index (κ3) is 3.76. The van der Waals surface area contributed by atoms with E-state index >= 15 is 0 Å². The zero-order valence-electron chi connectivity index (χ0n) is 18.2. The molecule has 0 saturated carbocycles. The van der Waals surface area contributed by atoms with Crippen LogP contribution in [0.1, 0.15) is 33.2 Å². The van der Waals surface area contributed by atoms with Crippen LogP contribution in [0.3, 0.4) is 0 Å². The van der Waals surface area contributed by atoms with E-state index in [-0.39, 0.29) is 17.5 Å². The van der Waals surface area contributed by atoms with Gasteiger partial charge in [-0.25, -0.2) is 4.79 Å². The Morgan fingerprint density at radius 1 is 1.15 bits per heavy atom. The van der Waals surface area contributed by atoms with Gasteiger partial charge in [-0.3, -0.25) is 29.4 Å². The van der Waals surface area contributed by atoms with Crippen LogP contribution in [0.2, 0.25) is 0 Å². The number of H-pyrrole nitrogens is 1. The Bertz CT molecular complexity index is 1350. The van der Waals surface area contributed by atoms with Gasteiger partial charge in [0.1, 0.15) is 17.6 Å². The van der Waals surface area contributed by atoms with Gasteiger partial charge in [0, 0.05) is 29.6 Å². The molecule has 1 aliphatic rings. The summed E-state index contributed by atoms with van der Waals surface area (Å²) in [5.74, 6) is -3.25. The Morgan fingerprint density at radius 3 is 2.59 bits per heavy atom. The van der Waals surface area contributed by atoms with Crippen LogP contribution in [0.5, 0.6) is 0 Å². The zero-order valence-corrected chi connectivity index (χ0v) is 18.2. The van der Waals surface area contributed by atoms with Gasteiger partial charge in [0.05, 0.1) is 17.6 Å². The van der Waals surface area contributed by atoms with Crippen LogP contribution in [0.25, 0.3) is 10.9 Å². The molecular formula is C23H20N4O7. The molecule has 1 unspecified atom stereocenters. The Morgan fingerprint density at radius 2 is 1.88 bits per heavy atom. The lowest BCUT2D eigenvalue weighted by molar-refractivity contribution is -0.385. The van der Waals surface area contributed by atoms with E-state index in [1.165, 1.54) is 26.2 Å². The molecule has 0 radical (unpaired) electrons. The van der Waals surface area contributed by atoms with Gasteiger partial charge in [-0.1, -0.05) is 24.3 Å². The first-order chi connectivity index (χ1) is 16.2. The lowest BCUT2D eigenvalue weighted by atomic mass is 10.0. The monoisotopic (exact) mass is 464 g/mol. The second kappa shape index (κ2) is 8.77. The van der Waals surface area contributed by atoms with Crippen molar-refractivity contribution in [1.29, 1.82) is 0 Å². The number of carbonyl (C=O) groups excluding carboxylic acids is 4. The van der Waals surface area contributed by atoms with Crippen molar-refractivity contribution in [2.24, 2.45) is 0 Å². The van der Waals surface area contributed by atoms with Gasteiger partial charge in [-0.2, -0.15) is 0 Å². The molecule has 0 saturated heterocycles.